The van der Waals surface area contributed by atoms with Crippen LogP contribution in [0.2, 0.25) is 34.5 Å². The molecule has 0 atom stereocenters. The SMILES string of the molecule is [CH3][Ge]([CH3])([CH3])[CH2]c1ccc([CH2][Ge]([CH3])([CH3])[CH3])cc1. The Bertz CT molecular complexity index is 290. The molecule has 1 aromatic carbocycles. The van der Waals surface area contributed by atoms with Gasteiger partial charge in [-0.2, -0.15) is 0 Å². The normalized spacial score (nSPS) is 12.9. The van der Waals surface area contributed by atoms with Crippen LogP contribution in [0.1, 0.15) is 11.1 Å². The average Bonchev–Trinajstić information content (AvgIpc) is 2.03. The second-order valence-corrected chi connectivity index (χ2v) is 30.3. The monoisotopic (exact) mass is 342 g/mol. The maximum atomic E-state index is 2.48. The van der Waals surface area contributed by atoms with Crippen molar-refractivity contribution in [3.05, 3.63) is 35.4 Å². The number of hydrogen-bond acceptors (Lipinski definition) is 0. The maximum absolute atomic E-state index is 2.48. The average molecular weight is 340 g/mol. The first-order valence-corrected chi connectivity index (χ1v) is 21.8. The zero-order chi connectivity index (χ0) is 12.4. The topological polar surface area (TPSA) is 0 Å². The van der Waals surface area contributed by atoms with Gasteiger partial charge < -0.3 is 0 Å². The van der Waals surface area contributed by atoms with E-state index in [9.17, 15) is 0 Å². The summed E-state index contributed by atoms with van der Waals surface area (Å²) in [4.78, 5) is 0. The van der Waals surface area contributed by atoms with Crippen molar-refractivity contribution in [2.75, 3.05) is 0 Å². The second-order valence-electron chi connectivity index (χ2n) is 7.29. The number of rotatable bonds is 4. The van der Waals surface area contributed by atoms with Crippen molar-refractivity contribution < 1.29 is 0 Å². The van der Waals surface area contributed by atoms with Crippen LogP contribution in [0.15, 0.2) is 24.3 Å². The molecule has 0 N–H and O–H groups in total. The van der Waals surface area contributed by atoms with Crippen molar-refractivity contribution in [3.63, 3.8) is 0 Å². The van der Waals surface area contributed by atoms with Crippen molar-refractivity contribution in [1.29, 1.82) is 0 Å². The molecule has 0 aromatic heterocycles. The molecule has 0 saturated carbocycles. The van der Waals surface area contributed by atoms with Gasteiger partial charge in [-0.25, -0.2) is 0 Å². The van der Waals surface area contributed by atoms with Crippen LogP contribution in [-0.4, -0.2) is 26.5 Å². The van der Waals surface area contributed by atoms with Gasteiger partial charge in [-0.3, -0.25) is 0 Å². The molecule has 1 rings (SSSR count). The first-order chi connectivity index (χ1) is 7.16. The van der Waals surface area contributed by atoms with Gasteiger partial charge in [-0.05, 0) is 0 Å². The van der Waals surface area contributed by atoms with Gasteiger partial charge in [-0.1, -0.05) is 0 Å². The van der Waals surface area contributed by atoms with E-state index in [4.69, 9.17) is 0 Å². The second kappa shape index (κ2) is 5.30. The van der Waals surface area contributed by atoms with Crippen LogP contribution in [0, 0.1) is 0 Å². The summed E-state index contributed by atoms with van der Waals surface area (Å²) >= 11 is -2.84. The van der Waals surface area contributed by atoms with Crippen LogP contribution in [-0.2, 0) is 10.5 Å². The van der Waals surface area contributed by atoms with Gasteiger partial charge >= 0.3 is 107 Å². The van der Waals surface area contributed by atoms with E-state index in [0.717, 1.165) is 0 Å². The fourth-order valence-electron chi connectivity index (χ4n) is 2.00. The van der Waals surface area contributed by atoms with Gasteiger partial charge in [0.2, 0.25) is 0 Å². The predicted molar refractivity (Wildman–Crippen MR) is 80.5 cm³/mol. The molecule has 0 fully saturated rings. The van der Waals surface area contributed by atoms with Crippen LogP contribution in [0.5, 0.6) is 0 Å². The summed E-state index contributed by atoms with van der Waals surface area (Å²) in [6.07, 6.45) is 0. The first-order valence-electron chi connectivity index (χ1n) is 6.24. The Morgan fingerprint density at radius 1 is 0.625 bits per heavy atom. The van der Waals surface area contributed by atoms with Gasteiger partial charge in [0, 0.05) is 0 Å². The van der Waals surface area contributed by atoms with E-state index in [1.54, 1.807) is 11.1 Å². The van der Waals surface area contributed by atoms with Crippen LogP contribution >= 0.6 is 0 Å². The number of hydrogen-bond donors (Lipinski definition) is 0. The Morgan fingerprint density at radius 3 is 1.06 bits per heavy atom. The molecule has 0 bridgehead atoms. The zero-order valence-electron chi connectivity index (χ0n) is 11.7. The van der Waals surface area contributed by atoms with Crippen molar-refractivity contribution in [2.24, 2.45) is 0 Å². The Labute approximate surface area is 107 Å². The molecule has 0 amide bonds. The van der Waals surface area contributed by atoms with Crippen molar-refractivity contribution in [3.8, 4) is 0 Å². The Balaban J connectivity index is 2.69. The molecule has 0 aliphatic carbocycles. The Morgan fingerprint density at radius 2 is 0.875 bits per heavy atom. The fraction of sp³-hybridized carbons (Fsp3) is 0.571. The third-order valence-corrected chi connectivity index (χ3v) is 8.66. The first kappa shape index (κ1) is 14.4. The molecule has 2 heteroatoms. The van der Waals surface area contributed by atoms with Crippen molar-refractivity contribution in [1.82, 2.24) is 0 Å². The van der Waals surface area contributed by atoms with Gasteiger partial charge in [0.25, 0.3) is 0 Å². The molecule has 0 radical (unpaired) electrons. The molecule has 0 aliphatic heterocycles. The minimum atomic E-state index is -1.42. The Kier molecular flexibility index (Phi) is 4.76. The summed E-state index contributed by atoms with van der Waals surface area (Å²) in [5.41, 5.74) is 3.11. The summed E-state index contributed by atoms with van der Waals surface area (Å²) in [5.74, 6) is 14.9. The molecule has 0 unspecified atom stereocenters. The van der Waals surface area contributed by atoms with E-state index < -0.39 is 26.5 Å². The molecule has 0 nitrogen and oxygen atoms in total. The van der Waals surface area contributed by atoms with E-state index in [1.165, 1.54) is 10.5 Å². The molecule has 90 valence electrons. The standard InChI is InChI=1S/C14H26Ge2/c1-15(2,3)11-13-7-9-14(10-8-13)12-16(4,5)6/h7-10H,11-12H2,1-6H3. The van der Waals surface area contributed by atoms with Crippen LogP contribution in [0.3, 0.4) is 0 Å². The summed E-state index contributed by atoms with van der Waals surface area (Å²) in [6, 6.07) is 9.44. The Hall–Kier alpha value is 0.306. The molecule has 1 aromatic rings. The van der Waals surface area contributed by atoms with Gasteiger partial charge in [0.05, 0.1) is 0 Å². The van der Waals surface area contributed by atoms with Crippen LogP contribution < -0.4 is 0 Å². The molecule has 0 heterocycles. The van der Waals surface area contributed by atoms with E-state index in [-0.39, 0.29) is 0 Å². The molecular weight excluding hydrogens is 313 g/mol. The molecule has 0 saturated heterocycles. The quantitative estimate of drug-likeness (QED) is 0.707. The van der Waals surface area contributed by atoms with Crippen LogP contribution in [0.4, 0.5) is 0 Å². The minimum absolute atomic E-state index is 1.36. The van der Waals surface area contributed by atoms with Crippen molar-refractivity contribution in [2.45, 2.75) is 45.0 Å². The summed E-state index contributed by atoms with van der Waals surface area (Å²) in [5, 5.41) is 2.72. The summed E-state index contributed by atoms with van der Waals surface area (Å²) in [6.45, 7) is 0. The zero-order valence-corrected chi connectivity index (χ0v) is 15.9. The van der Waals surface area contributed by atoms with Gasteiger partial charge in [-0.15, -0.1) is 0 Å². The summed E-state index contributed by atoms with van der Waals surface area (Å²) < 4.78 is 0. The molecule has 16 heavy (non-hydrogen) atoms. The van der Waals surface area contributed by atoms with Crippen molar-refractivity contribution >= 4 is 26.5 Å². The van der Waals surface area contributed by atoms with E-state index in [2.05, 4.69) is 58.8 Å². The van der Waals surface area contributed by atoms with Gasteiger partial charge in [0.15, 0.2) is 0 Å². The predicted octanol–water partition coefficient (Wildman–Crippen LogP) is 4.53. The van der Waals surface area contributed by atoms with E-state index in [0.29, 0.717) is 0 Å². The van der Waals surface area contributed by atoms with Gasteiger partial charge in [0.1, 0.15) is 0 Å². The summed E-state index contributed by atoms with van der Waals surface area (Å²) in [7, 11) is 0. The number of benzene rings is 1. The molecular formula is C14H26Ge2. The van der Waals surface area contributed by atoms with E-state index in [1.807, 2.05) is 0 Å². The third-order valence-electron chi connectivity index (χ3n) is 2.49. The van der Waals surface area contributed by atoms with E-state index >= 15 is 0 Å². The third kappa shape index (κ3) is 6.14. The molecule has 0 aliphatic rings. The fourth-order valence-corrected chi connectivity index (χ4v) is 8.13. The van der Waals surface area contributed by atoms with Crippen LogP contribution in [0.25, 0.3) is 0 Å². The molecule has 0 spiro atoms.